The van der Waals surface area contributed by atoms with E-state index >= 15 is 0 Å². The first-order valence-electron chi connectivity index (χ1n) is 8.92. The zero-order valence-electron chi connectivity index (χ0n) is 14.4. The molecule has 2 atom stereocenters. The first-order valence-corrected chi connectivity index (χ1v) is 8.92. The van der Waals surface area contributed by atoms with Crippen LogP contribution in [0.1, 0.15) is 19.0 Å². The number of aryl methyl sites for hydroxylation is 1. The molecule has 0 radical (unpaired) electrons. The first kappa shape index (κ1) is 16.4. The van der Waals surface area contributed by atoms with Gasteiger partial charge in [-0.05, 0) is 12.8 Å². The van der Waals surface area contributed by atoms with Gasteiger partial charge in [0.25, 0.3) is 0 Å². The number of carbonyl (C=O) groups is 1. The molecule has 1 amide bonds. The van der Waals surface area contributed by atoms with Gasteiger partial charge in [0.15, 0.2) is 11.6 Å². The molecule has 0 spiro atoms. The van der Waals surface area contributed by atoms with E-state index < -0.39 is 5.41 Å². The molecule has 4 rings (SSSR count). The van der Waals surface area contributed by atoms with Gasteiger partial charge in [0, 0.05) is 38.7 Å². The lowest BCUT2D eigenvalue weighted by Gasteiger charge is -2.39. The van der Waals surface area contributed by atoms with Crippen LogP contribution in [0.25, 0.3) is 0 Å². The van der Waals surface area contributed by atoms with E-state index in [-0.39, 0.29) is 17.6 Å². The van der Waals surface area contributed by atoms with Crippen molar-refractivity contribution in [1.29, 1.82) is 0 Å². The Bertz CT molecular complexity index is 702. The highest BCUT2D eigenvalue weighted by Gasteiger charge is 2.55. The van der Waals surface area contributed by atoms with E-state index in [9.17, 15) is 9.18 Å². The molecule has 6 nitrogen and oxygen atoms in total. The maximum absolute atomic E-state index is 14.7. The molecule has 0 saturated carbocycles. The molecule has 3 aliphatic heterocycles. The zero-order valence-corrected chi connectivity index (χ0v) is 14.4. The summed E-state index contributed by atoms with van der Waals surface area (Å²) in [5.74, 6) is 0.176. The van der Waals surface area contributed by atoms with Gasteiger partial charge >= 0.3 is 0 Å². The van der Waals surface area contributed by atoms with Crippen molar-refractivity contribution in [2.24, 2.45) is 11.3 Å². The molecule has 0 N–H and O–H groups in total. The van der Waals surface area contributed by atoms with E-state index in [1.807, 2.05) is 28.9 Å². The van der Waals surface area contributed by atoms with Crippen molar-refractivity contribution >= 4 is 11.7 Å². The third-order valence-corrected chi connectivity index (χ3v) is 5.72. The molecule has 2 saturated heterocycles. The number of halogens is 1. The number of carbonyl (C=O) groups excluding carboxylic acids is 1. The fraction of sp³-hybridized carbons (Fsp3) is 0.611. The summed E-state index contributed by atoms with van der Waals surface area (Å²) in [6, 6.07) is 0. The van der Waals surface area contributed by atoms with Crippen LogP contribution >= 0.6 is 0 Å². The third-order valence-electron chi connectivity index (χ3n) is 5.72. The van der Waals surface area contributed by atoms with Crippen LogP contribution in [0.4, 0.5) is 10.2 Å². The van der Waals surface area contributed by atoms with Crippen molar-refractivity contribution in [1.82, 2.24) is 14.9 Å². The average Bonchev–Trinajstić information content (AvgIpc) is 3.29. The standard InChI is InChI=1S/C18H23FN4O2/c1-2-14-15(19)16(21-12-20-14)23-9-13-10-25-8-5-18(13,11-23)17(24)22-6-3-4-7-22/h3-4,12-13H,2,5-11H2,1H3. The van der Waals surface area contributed by atoms with E-state index in [1.165, 1.54) is 6.33 Å². The number of aromatic nitrogens is 2. The molecule has 3 aliphatic rings. The predicted octanol–water partition coefficient (Wildman–Crippen LogP) is 1.42. The average molecular weight is 346 g/mol. The van der Waals surface area contributed by atoms with Crippen LogP contribution in [0.15, 0.2) is 18.5 Å². The summed E-state index contributed by atoms with van der Waals surface area (Å²) in [4.78, 5) is 25.3. The minimum Gasteiger partial charge on any atom is -0.381 e. The molecule has 7 heteroatoms. The summed E-state index contributed by atoms with van der Waals surface area (Å²) in [6.45, 7) is 5.39. The van der Waals surface area contributed by atoms with Crippen molar-refractivity contribution < 1.29 is 13.9 Å². The molecule has 1 aromatic rings. The third kappa shape index (κ3) is 2.61. The van der Waals surface area contributed by atoms with Gasteiger partial charge < -0.3 is 14.5 Å². The lowest BCUT2D eigenvalue weighted by Crippen LogP contribution is -2.51. The van der Waals surface area contributed by atoms with Crippen molar-refractivity contribution in [3.05, 3.63) is 30.0 Å². The van der Waals surface area contributed by atoms with Gasteiger partial charge in [-0.1, -0.05) is 19.1 Å². The van der Waals surface area contributed by atoms with E-state index in [0.717, 1.165) is 0 Å². The largest absolute Gasteiger partial charge is 0.381 e. The second-order valence-electron chi connectivity index (χ2n) is 7.05. The van der Waals surface area contributed by atoms with Crippen molar-refractivity contribution in [3.8, 4) is 0 Å². The van der Waals surface area contributed by atoms with Gasteiger partial charge in [-0.15, -0.1) is 0 Å². The lowest BCUT2D eigenvalue weighted by molar-refractivity contribution is -0.148. The second kappa shape index (κ2) is 6.37. The van der Waals surface area contributed by atoms with E-state index in [1.54, 1.807) is 0 Å². The number of anilines is 1. The Morgan fingerprint density at radius 1 is 1.40 bits per heavy atom. The van der Waals surface area contributed by atoms with E-state index in [2.05, 4.69) is 9.97 Å². The van der Waals surface area contributed by atoms with Crippen LogP contribution in [0.3, 0.4) is 0 Å². The van der Waals surface area contributed by atoms with Crippen LogP contribution < -0.4 is 4.90 Å². The van der Waals surface area contributed by atoms with E-state index in [4.69, 9.17) is 4.74 Å². The minimum absolute atomic E-state index is 0.0637. The van der Waals surface area contributed by atoms with Crippen molar-refractivity contribution in [2.45, 2.75) is 19.8 Å². The summed E-state index contributed by atoms with van der Waals surface area (Å²) in [5.41, 5.74) is -0.0890. The van der Waals surface area contributed by atoms with Gasteiger partial charge in [0.2, 0.25) is 5.91 Å². The van der Waals surface area contributed by atoms with Crippen LogP contribution in [0, 0.1) is 17.2 Å². The lowest BCUT2D eigenvalue weighted by atomic mass is 9.73. The zero-order chi connectivity index (χ0) is 17.4. The quantitative estimate of drug-likeness (QED) is 0.775. The Morgan fingerprint density at radius 3 is 2.96 bits per heavy atom. The molecule has 1 aromatic heterocycles. The minimum atomic E-state index is -0.506. The number of ether oxygens (including phenoxy) is 1. The molecule has 0 aromatic carbocycles. The highest BCUT2D eigenvalue weighted by Crippen LogP contribution is 2.45. The van der Waals surface area contributed by atoms with Crippen molar-refractivity contribution in [3.63, 3.8) is 0 Å². The summed E-state index contributed by atoms with van der Waals surface area (Å²) in [6.07, 6.45) is 6.65. The summed E-state index contributed by atoms with van der Waals surface area (Å²) < 4.78 is 20.4. The normalized spacial score (nSPS) is 28.5. The predicted molar refractivity (Wildman–Crippen MR) is 90.7 cm³/mol. The maximum atomic E-state index is 14.7. The number of amides is 1. The molecule has 0 aliphatic carbocycles. The SMILES string of the molecule is CCc1ncnc(N2CC3COCCC3(C(=O)N3CC=CC3)C2)c1F. The molecule has 4 heterocycles. The second-order valence-corrected chi connectivity index (χ2v) is 7.05. The van der Waals surface area contributed by atoms with Crippen LogP contribution in [0.2, 0.25) is 0 Å². The van der Waals surface area contributed by atoms with Gasteiger partial charge in [-0.3, -0.25) is 4.79 Å². The maximum Gasteiger partial charge on any atom is 0.231 e. The highest BCUT2D eigenvalue weighted by molar-refractivity contribution is 5.85. The molecular weight excluding hydrogens is 323 g/mol. The molecule has 134 valence electrons. The Hall–Kier alpha value is -2.02. The molecule has 2 fully saturated rings. The van der Waals surface area contributed by atoms with Gasteiger partial charge in [-0.25, -0.2) is 14.4 Å². The topological polar surface area (TPSA) is 58.6 Å². The van der Waals surface area contributed by atoms with Gasteiger partial charge in [0.1, 0.15) is 6.33 Å². The Balaban J connectivity index is 1.65. The Labute approximate surface area is 146 Å². The van der Waals surface area contributed by atoms with Crippen LogP contribution in [0.5, 0.6) is 0 Å². The fourth-order valence-electron chi connectivity index (χ4n) is 4.28. The number of fused-ring (bicyclic) bond motifs is 1. The number of nitrogens with zero attached hydrogens (tertiary/aromatic N) is 4. The summed E-state index contributed by atoms with van der Waals surface area (Å²) in [5, 5.41) is 0. The number of rotatable bonds is 3. The Morgan fingerprint density at radius 2 is 2.20 bits per heavy atom. The Kier molecular flexibility index (Phi) is 4.19. The summed E-state index contributed by atoms with van der Waals surface area (Å²) >= 11 is 0. The van der Waals surface area contributed by atoms with Crippen LogP contribution in [-0.2, 0) is 16.0 Å². The van der Waals surface area contributed by atoms with E-state index in [0.29, 0.717) is 63.7 Å². The fourth-order valence-corrected chi connectivity index (χ4v) is 4.28. The monoisotopic (exact) mass is 346 g/mol. The number of hydrogen-bond acceptors (Lipinski definition) is 5. The molecular formula is C18H23FN4O2. The van der Waals surface area contributed by atoms with Gasteiger partial charge in [-0.2, -0.15) is 0 Å². The summed E-state index contributed by atoms with van der Waals surface area (Å²) in [7, 11) is 0. The van der Waals surface area contributed by atoms with Crippen molar-refractivity contribution in [2.75, 3.05) is 44.3 Å². The molecule has 0 bridgehead atoms. The highest BCUT2D eigenvalue weighted by atomic mass is 19.1. The molecule has 25 heavy (non-hydrogen) atoms. The molecule has 2 unspecified atom stereocenters. The van der Waals surface area contributed by atoms with Crippen LogP contribution in [-0.4, -0.2) is 60.2 Å². The first-order chi connectivity index (χ1) is 12.2. The number of hydrogen-bond donors (Lipinski definition) is 0. The smallest absolute Gasteiger partial charge is 0.231 e. The van der Waals surface area contributed by atoms with Gasteiger partial charge in [0.05, 0.1) is 17.7 Å².